The lowest BCUT2D eigenvalue weighted by atomic mass is 10.00. The molecule has 0 spiro atoms. The molecule has 9 heavy (non-hydrogen) atoms. The zero-order valence-electron chi connectivity index (χ0n) is 5.97. The molecule has 0 saturated carbocycles. The molecule has 0 saturated heterocycles. The highest BCUT2D eigenvalue weighted by Gasteiger charge is 2.02. The van der Waals surface area contributed by atoms with Crippen molar-refractivity contribution in [2.24, 2.45) is 11.7 Å². The van der Waals surface area contributed by atoms with Gasteiger partial charge in [0.15, 0.2) is 0 Å². The highest BCUT2D eigenvalue weighted by Crippen LogP contribution is 2.09. The van der Waals surface area contributed by atoms with Gasteiger partial charge in [0.1, 0.15) is 6.29 Å². The molecule has 0 aromatic rings. The molecule has 0 aliphatic carbocycles. The molecule has 2 nitrogen and oxygen atoms in total. The Hall–Kier alpha value is -0.370. The largest absolute Gasteiger partial charge is 0.330 e. The highest BCUT2D eigenvalue weighted by molar-refractivity contribution is 5.49. The van der Waals surface area contributed by atoms with Gasteiger partial charge in [-0.25, -0.2) is 0 Å². The van der Waals surface area contributed by atoms with Gasteiger partial charge in [0.25, 0.3) is 0 Å². The summed E-state index contributed by atoms with van der Waals surface area (Å²) < 4.78 is 0. The highest BCUT2D eigenvalue weighted by atomic mass is 16.1. The van der Waals surface area contributed by atoms with E-state index >= 15 is 0 Å². The first kappa shape index (κ1) is 8.63. The molecule has 0 fully saturated rings. The molecule has 1 unspecified atom stereocenters. The molecule has 0 rings (SSSR count). The van der Waals surface area contributed by atoms with Crippen LogP contribution < -0.4 is 5.73 Å². The Morgan fingerprint density at radius 2 is 2.33 bits per heavy atom. The molecule has 0 aliphatic rings. The average molecular weight is 129 g/mol. The second-order valence-electron chi connectivity index (χ2n) is 2.25. The summed E-state index contributed by atoms with van der Waals surface area (Å²) in [5.74, 6) is 0.521. The summed E-state index contributed by atoms with van der Waals surface area (Å²) in [6.07, 6.45) is 3.70. The third-order valence-corrected chi connectivity index (χ3v) is 1.58. The van der Waals surface area contributed by atoms with Gasteiger partial charge in [-0.05, 0) is 18.9 Å². The first-order chi connectivity index (χ1) is 4.35. The number of nitrogens with two attached hydrogens (primary N) is 1. The van der Waals surface area contributed by atoms with E-state index in [4.69, 9.17) is 5.73 Å². The van der Waals surface area contributed by atoms with Gasteiger partial charge in [0, 0.05) is 6.42 Å². The maximum Gasteiger partial charge on any atom is 0.120 e. The average Bonchev–Trinajstić information content (AvgIpc) is 1.88. The standard InChI is InChI=1S/C7H15NO/c1-2-7(3-5-8)4-6-9/h6-7H,2-5,8H2,1H3. The number of rotatable bonds is 5. The lowest BCUT2D eigenvalue weighted by Crippen LogP contribution is -2.08. The number of hydrogen-bond acceptors (Lipinski definition) is 2. The minimum absolute atomic E-state index is 0.521. The van der Waals surface area contributed by atoms with E-state index < -0.39 is 0 Å². The van der Waals surface area contributed by atoms with Gasteiger partial charge in [-0.2, -0.15) is 0 Å². The summed E-state index contributed by atoms with van der Waals surface area (Å²) in [7, 11) is 0. The number of hydrogen-bond donors (Lipinski definition) is 1. The van der Waals surface area contributed by atoms with Crippen LogP contribution in [0.3, 0.4) is 0 Å². The summed E-state index contributed by atoms with van der Waals surface area (Å²) >= 11 is 0. The van der Waals surface area contributed by atoms with Gasteiger partial charge in [0.05, 0.1) is 0 Å². The maximum atomic E-state index is 10.0. The van der Waals surface area contributed by atoms with E-state index in [9.17, 15) is 4.79 Å². The van der Waals surface area contributed by atoms with Gasteiger partial charge < -0.3 is 10.5 Å². The van der Waals surface area contributed by atoms with Crippen molar-refractivity contribution in [1.29, 1.82) is 0 Å². The van der Waals surface area contributed by atoms with Crippen LogP contribution in [-0.4, -0.2) is 12.8 Å². The fourth-order valence-corrected chi connectivity index (χ4v) is 0.860. The van der Waals surface area contributed by atoms with Gasteiger partial charge in [0.2, 0.25) is 0 Å². The minimum atomic E-state index is 0.521. The van der Waals surface area contributed by atoms with Crippen LogP contribution in [0.15, 0.2) is 0 Å². The smallest absolute Gasteiger partial charge is 0.120 e. The SMILES string of the molecule is CCC(CC=O)CCN. The summed E-state index contributed by atoms with van der Waals surface area (Å²) in [5.41, 5.74) is 5.32. The van der Waals surface area contributed by atoms with Crippen molar-refractivity contribution in [3.8, 4) is 0 Å². The Labute approximate surface area is 56.4 Å². The fraction of sp³-hybridized carbons (Fsp3) is 0.857. The van der Waals surface area contributed by atoms with Crippen molar-refractivity contribution in [2.75, 3.05) is 6.54 Å². The molecule has 2 heteroatoms. The van der Waals surface area contributed by atoms with Crippen LogP contribution in [0.25, 0.3) is 0 Å². The normalized spacial score (nSPS) is 13.1. The van der Waals surface area contributed by atoms with Crippen LogP contribution in [0.2, 0.25) is 0 Å². The van der Waals surface area contributed by atoms with E-state index in [1.54, 1.807) is 0 Å². The molecule has 0 heterocycles. The van der Waals surface area contributed by atoms with Crippen molar-refractivity contribution in [3.63, 3.8) is 0 Å². The van der Waals surface area contributed by atoms with Crippen LogP contribution >= 0.6 is 0 Å². The predicted octanol–water partition coefficient (Wildman–Crippen LogP) is 0.950. The van der Waals surface area contributed by atoms with E-state index in [1.165, 1.54) is 0 Å². The lowest BCUT2D eigenvalue weighted by Gasteiger charge is -2.07. The Kier molecular flexibility index (Phi) is 5.52. The first-order valence-electron chi connectivity index (χ1n) is 3.48. The Bertz CT molecular complexity index is 73.3. The summed E-state index contributed by atoms with van der Waals surface area (Å²) in [6, 6.07) is 0. The Balaban J connectivity index is 3.28. The summed E-state index contributed by atoms with van der Waals surface area (Å²) in [6.45, 7) is 2.79. The third-order valence-electron chi connectivity index (χ3n) is 1.58. The van der Waals surface area contributed by atoms with Gasteiger partial charge in [-0.3, -0.25) is 0 Å². The number of aldehydes is 1. The van der Waals surface area contributed by atoms with Crippen molar-refractivity contribution >= 4 is 6.29 Å². The molecule has 1 atom stereocenters. The van der Waals surface area contributed by atoms with E-state index in [1.807, 2.05) is 0 Å². The molecular formula is C7H15NO. The third kappa shape index (κ3) is 4.15. The molecule has 0 aromatic carbocycles. The van der Waals surface area contributed by atoms with Crippen LogP contribution in [0.4, 0.5) is 0 Å². The van der Waals surface area contributed by atoms with Crippen LogP contribution in [0.5, 0.6) is 0 Å². The number of carbonyl (C=O) groups is 1. The number of carbonyl (C=O) groups excluding carboxylic acids is 1. The molecule has 54 valence electrons. The molecule has 0 amide bonds. The van der Waals surface area contributed by atoms with E-state index in [0.717, 1.165) is 19.1 Å². The molecule has 0 aromatic heterocycles. The maximum absolute atomic E-state index is 10.0. The van der Waals surface area contributed by atoms with E-state index in [2.05, 4.69) is 6.92 Å². The monoisotopic (exact) mass is 129 g/mol. The summed E-state index contributed by atoms with van der Waals surface area (Å²) in [4.78, 5) is 10.0. The first-order valence-corrected chi connectivity index (χ1v) is 3.48. The minimum Gasteiger partial charge on any atom is -0.330 e. The predicted molar refractivity (Wildman–Crippen MR) is 38.1 cm³/mol. The topological polar surface area (TPSA) is 43.1 Å². The van der Waals surface area contributed by atoms with Crippen molar-refractivity contribution in [3.05, 3.63) is 0 Å². The molecular weight excluding hydrogens is 114 g/mol. The van der Waals surface area contributed by atoms with Crippen molar-refractivity contribution < 1.29 is 4.79 Å². The molecule has 0 radical (unpaired) electrons. The molecule has 2 N–H and O–H groups in total. The quantitative estimate of drug-likeness (QED) is 0.561. The Morgan fingerprint density at radius 1 is 1.67 bits per heavy atom. The van der Waals surface area contributed by atoms with E-state index in [0.29, 0.717) is 18.9 Å². The summed E-state index contributed by atoms with van der Waals surface area (Å²) in [5, 5.41) is 0. The molecule has 0 bridgehead atoms. The zero-order valence-corrected chi connectivity index (χ0v) is 5.97. The molecule has 0 aliphatic heterocycles. The zero-order chi connectivity index (χ0) is 7.11. The van der Waals surface area contributed by atoms with E-state index in [-0.39, 0.29) is 0 Å². The van der Waals surface area contributed by atoms with Crippen LogP contribution in [0, 0.1) is 5.92 Å². The van der Waals surface area contributed by atoms with Crippen molar-refractivity contribution in [2.45, 2.75) is 26.2 Å². The van der Waals surface area contributed by atoms with Gasteiger partial charge in [-0.15, -0.1) is 0 Å². The van der Waals surface area contributed by atoms with Gasteiger partial charge >= 0.3 is 0 Å². The Morgan fingerprint density at radius 3 is 2.67 bits per heavy atom. The van der Waals surface area contributed by atoms with Crippen LogP contribution in [0.1, 0.15) is 26.2 Å². The van der Waals surface area contributed by atoms with Crippen LogP contribution in [-0.2, 0) is 4.79 Å². The second kappa shape index (κ2) is 5.76. The second-order valence-corrected chi connectivity index (χ2v) is 2.25. The van der Waals surface area contributed by atoms with Crippen molar-refractivity contribution in [1.82, 2.24) is 0 Å². The fourth-order valence-electron chi connectivity index (χ4n) is 0.860. The van der Waals surface area contributed by atoms with Gasteiger partial charge in [-0.1, -0.05) is 13.3 Å². The lowest BCUT2D eigenvalue weighted by molar-refractivity contribution is -0.108.